The molecule has 0 spiro atoms. The fraction of sp³-hybridized carbons (Fsp3) is 0.280. The van der Waals surface area contributed by atoms with Gasteiger partial charge in [0.2, 0.25) is 11.8 Å². The van der Waals surface area contributed by atoms with Crippen LogP contribution in [0.25, 0.3) is 22.4 Å². The molecule has 4 aromatic rings. The predicted molar refractivity (Wildman–Crippen MR) is 118 cm³/mol. The van der Waals surface area contributed by atoms with Crippen LogP contribution in [0, 0.1) is 6.92 Å². The Kier molecular flexibility index (Phi) is 5.20. The number of piperidine rings is 1. The van der Waals surface area contributed by atoms with Gasteiger partial charge < -0.3 is 9.32 Å². The van der Waals surface area contributed by atoms with Gasteiger partial charge in [-0.1, -0.05) is 54.1 Å². The summed E-state index contributed by atoms with van der Waals surface area (Å²) in [6.07, 6.45) is 4.03. The Balaban J connectivity index is 1.33. The maximum Gasteiger partial charge on any atom is 0.266 e. The highest BCUT2D eigenvalue weighted by Crippen LogP contribution is 2.30. The molecule has 31 heavy (non-hydrogen) atoms. The molecule has 0 N–H and O–H groups in total. The highest BCUT2D eigenvalue weighted by molar-refractivity contribution is 5.92. The second-order valence-corrected chi connectivity index (χ2v) is 8.17. The van der Waals surface area contributed by atoms with Crippen molar-refractivity contribution in [3.63, 3.8) is 0 Å². The molecule has 0 bridgehead atoms. The summed E-state index contributed by atoms with van der Waals surface area (Å²) < 4.78 is 6.06. The molecular formula is C25H24N4O2. The van der Waals surface area contributed by atoms with Crippen molar-refractivity contribution in [3.05, 3.63) is 77.8 Å². The lowest BCUT2D eigenvalue weighted by atomic mass is 9.97. The number of fused-ring (bicyclic) bond motifs is 1. The first-order valence-electron chi connectivity index (χ1n) is 10.7. The van der Waals surface area contributed by atoms with E-state index in [1.54, 1.807) is 6.20 Å². The summed E-state index contributed by atoms with van der Waals surface area (Å²) >= 11 is 0. The molecular weight excluding hydrogens is 388 g/mol. The SMILES string of the molecule is Cc1cccc(CC(=O)N2CCC[C@@H](c3nnc(-c4nccc5ccccc45)o3)C2)c1. The van der Waals surface area contributed by atoms with Gasteiger partial charge >= 0.3 is 0 Å². The number of rotatable bonds is 4. The average Bonchev–Trinajstić information content (AvgIpc) is 3.29. The summed E-state index contributed by atoms with van der Waals surface area (Å²) in [5.74, 6) is 1.20. The lowest BCUT2D eigenvalue weighted by Crippen LogP contribution is -2.40. The molecule has 1 amide bonds. The molecule has 0 aliphatic carbocycles. The van der Waals surface area contributed by atoms with E-state index >= 15 is 0 Å². The van der Waals surface area contributed by atoms with Crippen LogP contribution in [0.5, 0.6) is 0 Å². The number of amides is 1. The number of likely N-dealkylation sites (tertiary alicyclic amines) is 1. The van der Waals surface area contributed by atoms with Crippen LogP contribution < -0.4 is 0 Å². The minimum absolute atomic E-state index is 0.0476. The zero-order valence-corrected chi connectivity index (χ0v) is 17.5. The Hall–Kier alpha value is -3.54. The monoisotopic (exact) mass is 412 g/mol. The largest absolute Gasteiger partial charge is 0.419 e. The van der Waals surface area contributed by atoms with Gasteiger partial charge in [-0.25, -0.2) is 0 Å². The van der Waals surface area contributed by atoms with Gasteiger partial charge in [0, 0.05) is 24.7 Å². The molecule has 1 aliphatic rings. The number of aryl methyl sites for hydroxylation is 1. The molecule has 2 aromatic heterocycles. The molecule has 1 saturated heterocycles. The zero-order chi connectivity index (χ0) is 21.2. The minimum Gasteiger partial charge on any atom is -0.419 e. The second kappa shape index (κ2) is 8.30. The van der Waals surface area contributed by atoms with Gasteiger partial charge in [-0.2, -0.15) is 0 Å². The molecule has 5 rings (SSSR count). The van der Waals surface area contributed by atoms with E-state index < -0.39 is 0 Å². The van der Waals surface area contributed by atoms with Crippen LogP contribution in [-0.2, 0) is 11.2 Å². The fourth-order valence-electron chi connectivity index (χ4n) is 4.30. The van der Waals surface area contributed by atoms with E-state index in [1.165, 1.54) is 5.56 Å². The molecule has 1 atom stereocenters. The van der Waals surface area contributed by atoms with Crippen molar-refractivity contribution in [3.8, 4) is 11.6 Å². The summed E-state index contributed by atoms with van der Waals surface area (Å²) in [6.45, 7) is 3.42. The maximum atomic E-state index is 12.9. The minimum atomic E-state index is 0.0476. The van der Waals surface area contributed by atoms with E-state index in [0.717, 1.165) is 35.7 Å². The normalized spacial score (nSPS) is 16.5. The highest BCUT2D eigenvalue weighted by Gasteiger charge is 2.29. The van der Waals surface area contributed by atoms with Gasteiger partial charge in [-0.3, -0.25) is 9.78 Å². The maximum absolute atomic E-state index is 12.9. The Morgan fingerprint density at radius 3 is 2.94 bits per heavy atom. The number of nitrogens with zero attached hydrogens (tertiary/aromatic N) is 4. The molecule has 156 valence electrons. The van der Waals surface area contributed by atoms with E-state index in [-0.39, 0.29) is 11.8 Å². The fourth-order valence-corrected chi connectivity index (χ4v) is 4.30. The summed E-state index contributed by atoms with van der Waals surface area (Å²) in [5, 5.41) is 10.7. The lowest BCUT2D eigenvalue weighted by Gasteiger charge is -2.31. The van der Waals surface area contributed by atoms with E-state index in [2.05, 4.69) is 21.2 Å². The third-order valence-corrected chi connectivity index (χ3v) is 5.88. The number of carbonyl (C=O) groups excluding carboxylic acids is 1. The van der Waals surface area contributed by atoms with E-state index in [9.17, 15) is 4.79 Å². The Morgan fingerprint density at radius 2 is 2.03 bits per heavy atom. The van der Waals surface area contributed by atoms with E-state index in [4.69, 9.17) is 4.42 Å². The van der Waals surface area contributed by atoms with Gasteiger partial charge in [-0.15, -0.1) is 10.2 Å². The van der Waals surface area contributed by atoms with E-state index in [0.29, 0.717) is 30.4 Å². The smallest absolute Gasteiger partial charge is 0.266 e. The van der Waals surface area contributed by atoms with Crippen molar-refractivity contribution >= 4 is 16.7 Å². The number of pyridine rings is 1. The first-order valence-corrected chi connectivity index (χ1v) is 10.7. The van der Waals surface area contributed by atoms with Crippen molar-refractivity contribution in [1.29, 1.82) is 0 Å². The van der Waals surface area contributed by atoms with Crippen LogP contribution in [0.15, 0.2) is 65.2 Å². The summed E-state index contributed by atoms with van der Waals surface area (Å²) in [6, 6.07) is 18.1. The number of hydrogen-bond acceptors (Lipinski definition) is 5. The third-order valence-electron chi connectivity index (χ3n) is 5.88. The Morgan fingerprint density at radius 1 is 1.13 bits per heavy atom. The van der Waals surface area contributed by atoms with Gasteiger partial charge in [0.25, 0.3) is 5.89 Å². The summed E-state index contributed by atoms with van der Waals surface area (Å²) in [5.41, 5.74) is 2.91. The first kappa shape index (κ1) is 19.4. The van der Waals surface area contributed by atoms with Crippen molar-refractivity contribution in [2.24, 2.45) is 0 Å². The van der Waals surface area contributed by atoms with Gasteiger partial charge in [0.05, 0.1) is 12.3 Å². The Labute approximate surface area is 180 Å². The van der Waals surface area contributed by atoms with Crippen molar-refractivity contribution in [2.75, 3.05) is 13.1 Å². The van der Waals surface area contributed by atoms with Crippen LogP contribution in [0.4, 0.5) is 0 Å². The van der Waals surface area contributed by atoms with Gasteiger partial charge in [0.1, 0.15) is 5.69 Å². The third kappa shape index (κ3) is 4.06. The molecule has 0 radical (unpaired) electrons. The topological polar surface area (TPSA) is 72.1 Å². The van der Waals surface area contributed by atoms with E-state index in [1.807, 2.05) is 60.4 Å². The molecule has 1 aliphatic heterocycles. The summed E-state index contributed by atoms with van der Waals surface area (Å²) in [7, 11) is 0. The van der Waals surface area contributed by atoms with Crippen molar-refractivity contribution in [2.45, 2.75) is 32.1 Å². The average molecular weight is 412 g/mol. The second-order valence-electron chi connectivity index (χ2n) is 8.17. The number of aromatic nitrogens is 3. The zero-order valence-electron chi connectivity index (χ0n) is 17.5. The number of carbonyl (C=O) groups is 1. The van der Waals surface area contributed by atoms with Crippen LogP contribution in [0.3, 0.4) is 0 Å². The summed E-state index contributed by atoms with van der Waals surface area (Å²) in [4.78, 5) is 19.3. The molecule has 6 nitrogen and oxygen atoms in total. The standard InChI is InChI=1S/C25H24N4O2/c1-17-6-4-7-18(14-17)15-22(30)29-13-5-9-20(16-29)24-27-28-25(31-24)23-21-10-3-2-8-19(21)11-12-26-23/h2-4,6-8,10-12,14,20H,5,9,13,15-16H2,1H3/t20-/m1/s1. The van der Waals surface area contributed by atoms with Crippen LogP contribution in [0.2, 0.25) is 0 Å². The molecule has 1 fully saturated rings. The molecule has 0 unspecified atom stereocenters. The van der Waals surface area contributed by atoms with Gasteiger partial charge in [0.15, 0.2) is 0 Å². The van der Waals surface area contributed by atoms with Gasteiger partial charge in [-0.05, 0) is 36.8 Å². The number of hydrogen-bond donors (Lipinski definition) is 0. The predicted octanol–water partition coefficient (Wildman–Crippen LogP) is 4.54. The van der Waals surface area contributed by atoms with Crippen LogP contribution in [0.1, 0.15) is 35.8 Å². The molecule has 3 heterocycles. The highest BCUT2D eigenvalue weighted by atomic mass is 16.4. The number of benzene rings is 2. The Bertz CT molecular complexity index is 1230. The van der Waals surface area contributed by atoms with Crippen molar-refractivity contribution < 1.29 is 9.21 Å². The van der Waals surface area contributed by atoms with Crippen LogP contribution in [-0.4, -0.2) is 39.1 Å². The molecule has 0 saturated carbocycles. The van der Waals surface area contributed by atoms with Crippen molar-refractivity contribution in [1.82, 2.24) is 20.1 Å². The lowest BCUT2D eigenvalue weighted by molar-refractivity contribution is -0.131. The van der Waals surface area contributed by atoms with Crippen LogP contribution >= 0.6 is 0 Å². The first-order chi connectivity index (χ1) is 15.2. The molecule has 6 heteroatoms. The molecule has 2 aromatic carbocycles. The quantitative estimate of drug-likeness (QED) is 0.492.